The molecule has 1 aromatic carbocycles. The maximum Gasteiger partial charge on any atom is 0.265 e. The van der Waals surface area contributed by atoms with Gasteiger partial charge >= 0.3 is 0 Å². The van der Waals surface area contributed by atoms with Crippen LogP contribution >= 0.6 is 22.6 Å². The molecule has 0 aliphatic heterocycles. The van der Waals surface area contributed by atoms with Gasteiger partial charge < -0.3 is 5.43 Å². The van der Waals surface area contributed by atoms with E-state index in [4.69, 9.17) is 5.84 Å². The molecule has 1 heterocycles. The van der Waals surface area contributed by atoms with Gasteiger partial charge in [-0.25, -0.2) is 12.8 Å². The molecule has 0 radical (unpaired) electrons. The highest BCUT2D eigenvalue weighted by Gasteiger charge is 2.20. The third-order valence-electron chi connectivity index (χ3n) is 2.43. The van der Waals surface area contributed by atoms with Crippen LogP contribution < -0.4 is 16.0 Å². The van der Waals surface area contributed by atoms with Crippen LogP contribution in [-0.2, 0) is 10.0 Å². The Morgan fingerprint density at radius 1 is 1.25 bits per heavy atom. The first kappa shape index (κ1) is 14.9. The lowest BCUT2D eigenvalue weighted by atomic mass is 10.3. The highest BCUT2D eigenvalue weighted by molar-refractivity contribution is 14.1. The molecule has 0 fully saturated rings. The Kier molecular flexibility index (Phi) is 4.40. The van der Waals surface area contributed by atoms with Crippen LogP contribution in [0, 0.1) is 9.39 Å². The predicted molar refractivity (Wildman–Crippen MR) is 82.0 cm³/mol. The normalized spacial score (nSPS) is 11.2. The Morgan fingerprint density at radius 2 is 2.00 bits per heavy atom. The van der Waals surface area contributed by atoms with Crippen LogP contribution in [-0.4, -0.2) is 13.4 Å². The Balaban J connectivity index is 2.44. The van der Waals surface area contributed by atoms with E-state index in [1.807, 2.05) is 0 Å². The molecule has 2 rings (SSSR count). The average Bonchev–Trinajstić information content (AvgIpc) is 2.43. The fourth-order valence-electron chi connectivity index (χ4n) is 1.50. The monoisotopic (exact) mass is 408 g/mol. The predicted octanol–water partition coefficient (Wildman–Crippen LogP) is 1.91. The lowest BCUT2D eigenvalue weighted by Gasteiger charge is -2.12. The van der Waals surface area contributed by atoms with Crippen molar-refractivity contribution in [1.82, 2.24) is 4.98 Å². The molecule has 0 saturated carbocycles. The summed E-state index contributed by atoms with van der Waals surface area (Å²) in [6.45, 7) is 0. The molecule has 106 valence electrons. The first-order valence-electron chi connectivity index (χ1n) is 5.33. The second-order valence-corrected chi connectivity index (χ2v) is 6.45. The van der Waals surface area contributed by atoms with Crippen LogP contribution in [0.4, 0.5) is 15.8 Å². The first-order valence-corrected chi connectivity index (χ1v) is 7.89. The van der Waals surface area contributed by atoms with E-state index in [2.05, 4.69) is 15.1 Å². The van der Waals surface area contributed by atoms with Crippen LogP contribution in [0.25, 0.3) is 0 Å². The van der Waals surface area contributed by atoms with Gasteiger partial charge in [-0.15, -0.1) is 0 Å². The van der Waals surface area contributed by atoms with Crippen LogP contribution in [0.15, 0.2) is 41.6 Å². The zero-order chi connectivity index (χ0) is 14.8. The van der Waals surface area contributed by atoms with Crippen LogP contribution in [0.2, 0.25) is 0 Å². The van der Waals surface area contributed by atoms with E-state index < -0.39 is 15.8 Å². The molecule has 6 nitrogen and oxygen atoms in total. The van der Waals surface area contributed by atoms with Crippen molar-refractivity contribution in [1.29, 1.82) is 0 Å². The van der Waals surface area contributed by atoms with Gasteiger partial charge in [0.05, 0.1) is 14.9 Å². The molecule has 0 unspecified atom stereocenters. The van der Waals surface area contributed by atoms with Crippen LogP contribution in [0.5, 0.6) is 0 Å². The fourth-order valence-corrected chi connectivity index (χ4v) is 3.36. The summed E-state index contributed by atoms with van der Waals surface area (Å²) in [7, 11) is -3.92. The minimum absolute atomic E-state index is 0.123. The van der Waals surface area contributed by atoms with Crippen molar-refractivity contribution in [2.45, 2.75) is 4.90 Å². The molecule has 1 aromatic heterocycles. The number of hydrogen-bond donors (Lipinski definition) is 3. The molecule has 0 spiro atoms. The van der Waals surface area contributed by atoms with Gasteiger partial charge in [-0.05, 0) is 40.8 Å². The quantitative estimate of drug-likeness (QED) is 0.408. The van der Waals surface area contributed by atoms with Crippen LogP contribution in [0.1, 0.15) is 0 Å². The number of nitrogens with two attached hydrogens (primary N) is 1. The van der Waals surface area contributed by atoms with E-state index in [-0.39, 0.29) is 19.8 Å². The van der Waals surface area contributed by atoms with Crippen LogP contribution in [0.3, 0.4) is 0 Å². The number of nitrogens with one attached hydrogen (secondary N) is 2. The highest BCUT2D eigenvalue weighted by Crippen LogP contribution is 2.26. The molecule has 2 aromatic rings. The topological polar surface area (TPSA) is 97.1 Å². The summed E-state index contributed by atoms with van der Waals surface area (Å²) in [5.74, 6) is 4.76. The van der Waals surface area contributed by atoms with Gasteiger partial charge in [0.15, 0.2) is 0 Å². The van der Waals surface area contributed by atoms with Gasteiger partial charge in [0, 0.05) is 12.4 Å². The summed E-state index contributed by atoms with van der Waals surface area (Å²) < 4.78 is 40.4. The minimum atomic E-state index is -3.92. The summed E-state index contributed by atoms with van der Waals surface area (Å²) >= 11 is 1.72. The van der Waals surface area contributed by atoms with Gasteiger partial charge in [-0.3, -0.25) is 15.5 Å². The van der Waals surface area contributed by atoms with Gasteiger partial charge in [0.2, 0.25) is 0 Å². The average molecular weight is 408 g/mol. The van der Waals surface area contributed by atoms with Crippen molar-refractivity contribution in [2.75, 3.05) is 10.1 Å². The van der Waals surface area contributed by atoms with E-state index in [0.717, 1.165) is 6.20 Å². The van der Waals surface area contributed by atoms with E-state index in [0.29, 0.717) is 0 Å². The number of hydrazine groups is 1. The number of nitrogen functional groups attached to an aromatic ring is 1. The van der Waals surface area contributed by atoms with Gasteiger partial charge in [-0.1, -0.05) is 6.07 Å². The Hall–Kier alpha value is -1.46. The smallest absolute Gasteiger partial charge is 0.265 e. The summed E-state index contributed by atoms with van der Waals surface area (Å²) in [5, 5.41) is 0. The maximum atomic E-state index is 13.4. The van der Waals surface area contributed by atoms with E-state index in [9.17, 15) is 12.8 Å². The van der Waals surface area contributed by atoms with Crippen molar-refractivity contribution in [3.63, 3.8) is 0 Å². The highest BCUT2D eigenvalue weighted by atomic mass is 127. The van der Waals surface area contributed by atoms with E-state index in [1.165, 1.54) is 30.5 Å². The summed E-state index contributed by atoms with van der Waals surface area (Å²) in [6.07, 6.45) is 2.56. The fraction of sp³-hybridized carbons (Fsp3) is 0. The second kappa shape index (κ2) is 5.89. The lowest BCUT2D eigenvalue weighted by Crippen LogP contribution is -2.18. The minimum Gasteiger partial charge on any atom is -0.323 e. The number of rotatable bonds is 4. The van der Waals surface area contributed by atoms with Gasteiger partial charge in [0.1, 0.15) is 10.7 Å². The summed E-state index contributed by atoms with van der Waals surface area (Å²) in [5.41, 5.74) is 2.62. The van der Waals surface area contributed by atoms with Crippen molar-refractivity contribution in [3.05, 3.63) is 46.0 Å². The number of anilines is 2. The maximum absolute atomic E-state index is 13.4. The second-order valence-electron chi connectivity index (χ2n) is 3.72. The van der Waals surface area contributed by atoms with Crippen molar-refractivity contribution >= 4 is 44.0 Å². The summed E-state index contributed by atoms with van der Waals surface area (Å²) in [4.78, 5) is 3.63. The molecule has 0 aliphatic rings. The summed E-state index contributed by atoms with van der Waals surface area (Å²) in [6, 6.07) is 5.55. The van der Waals surface area contributed by atoms with Crippen molar-refractivity contribution in [3.8, 4) is 0 Å². The molecular weight excluding hydrogens is 398 g/mol. The molecular formula is C11H10FIN4O2S. The Labute approximate surface area is 128 Å². The first-order chi connectivity index (χ1) is 9.45. The number of hydrogen-bond acceptors (Lipinski definition) is 5. The SMILES string of the molecule is NNc1ccncc1S(=O)(=O)Nc1cccc(F)c1I. The lowest BCUT2D eigenvalue weighted by molar-refractivity contribution is 0.600. The number of pyridine rings is 1. The van der Waals surface area contributed by atoms with E-state index in [1.54, 1.807) is 22.6 Å². The number of sulfonamides is 1. The largest absolute Gasteiger partial charge is 0.323 e. The molecule has 0 atom stereocenters. The number of nitrogens with zero attached hydrogens (tertiary/aromatic N) is 1. The number of halogens is 2. The number of aromatic nitrogens is 1. The van der Waals surface area contributed by atoms with Gasteiger partial charge in [0.25, 0.3) is 10.0 Å². The zero-order valence-corrected chi connectivity index (χ0v) is 12.9. The third-order valence-corrected chi connectivity index (χ3v) is 4.91. The molecule has 0 amide bonds. The zero-order valence-electron chi connectivity index (χ0n) is 9.97. The van der Waals surface area contributed by atoms with Gasteiger partial charge in [-0.2, -0.15) is 0 Å². The van der Waals surface area contributed by atoms with Crippen molar-refractivity contribution in [2.24, 2.45) is 5.84 Å². The number of benzene rings is 1. The third kappa shape index (κ3) is 2.99. The molecule has 20 heavy (non-hydrogen) atoms. The Bertz CT molecular complexity index is 739. The molecule has 0 bridgehead atoms. The standard InChI is InChI=1S/C11H10FIN4O2S/c12-7-2-1-3-9(11(7)13)17-20(18,19)10-6-15-5-4-8(10)16-14/h1-6,17H,14H2,(H,15,16). The van der Waals surface area contributed by atoms with E-state index >= 15 is 0 Å². The van der Waals surface area contributed by atoms with Crippen molar-refractivity contribution < 1.29 is 12.8 Å². The molecule has 0 aliphatic carbocycles. The Morgan fingerprint density at radius 3 is 2.70 bits per heavy atom. The molecule has 0 saturated heterocycles. The molecule has 9 heteroatoms. The molecule has 4 N–H and O–H groups in total.